The average Bonchev–Trinajstić information content (AvgIpc) is 3.42. The number of nitrogens with one attached hydrogen (secondary N) is 1. The molecule has 13 nitrogen and oxygen atoms in total. The van der Waals surface area contributed by atoms with Crippen molar-refractivity contribution in [2.24, 2.45) is 0 Å². The number of sulfonamides is 1. The molecular weight excluding hydrogens is 520 g/mol. The summed E-state index contributed by atoms with van der Waals surface area (Å²) in [5, 5.41) is 7.61. The SMILES string of the molecule is CS(=O)(=O)N1CCC(Nc2ncc3ccc(=O)n(Cc4ccc(S(=O)(=O)n5cncn5)cc4)c3n2)CC1. The molecule has 3 aromatic heterocycles. The van der Waals surface area contributed by atoms with Crippen LogP contribution >= 0.6 is 0 Å². The summed E-state index contributed by atoms with van der Waals surface area (Å²) in [7, 11) is -7.07. The number of aromatic nitrogens is 6. The molecule has 4 heterocycles. The van der Waals surface area contributed by atoms with Crippen LogP contribution < -0.4 is 10.9 Å². The van der Waals surface area contributed by atoms with Gasteiger partial charge in [0.1, 0.15) is 18.3 Å². The third kappa shape index (κ3) is 5.23. The van der Waals surface area contributed by atoms with Gasteiger partial charge < -0.3 is 5.32 Å². The van der Waals surface area contributed by atoms with Gasteiger partial charge in [-0.3, -0.25) is 9.36 Å². The molecular formula is C22H24N8O5S2. The van der Waals surface area contributed by atoms with Crippen LogP contribution in [0.3, 0.4) is 0 Å². The number of nitrogens with zero attached hydrogens (tertiary/aromatic N) is 7. The minimum atomic E-state index is -3.85. The van der Waals surface area contributed by atoms with Crippen molar-refractivity contribution < 1.29 is 16.8 Å². The summed E-state index contributed by atoms with van der Waals surface area (Å²) in [4.78, 5) is 25.4. The van der Waals surface area contributed by atoms with Crippen molar-refractivity contribution in [3.05, 3.63) is 71.2 Å². The summed E-state index contributed by atoms with van der Waals surface area (Å²) in [5.41, 5.74) is 0.865. The molecule has 0 bridgehead atoms. The van der Waals surface area contributed by atoms with E-state index in [1.165, 1.54) is 33.3 Å². The van der Waals surface area contributed by atoms with Gasteiger partial charge in [0.05, 0.1) is 17.7 Å². The number of piperidine rings is 1. The van der Waals surface area contributed by atoms with Crippen LogP contribution in [0.4, 0.5) is 5.95 Å². The normalized spacial score (nSPS) is 15.7. The van der Waals surface area contributed by atoms with Crippen molar-refractivity contribution in [3.63, 3.8) is 0 Å². The fourth-order valence-corrected chi connectivity index (χ4v) is 6.10. The Balaban J connectivity index is 1.37. The highest BCUT2D eigenvalue weighted by Crippen LogP contribution is 2.19. The number of anilines is 1. The highest BCUT2D eigenvalue weighted by atomic mass is 32.2. The van der Waals surface area contributed by atoms with Crippen molar-refractivity contribution in [2.45, 2.75) is 30.3 Å². The second kappa shape index (κ2) is 9.64. The molecule has 1 aromatic carbocycles. The lowest BCUT2D eigenvalue weighted by Gasteiger charge is -2.30. The summed E-state index contributed by atoms with van der Waals surface area (Å²) in [6, 6.07) is 9.25. The van der Waals surface area contributed by atoms with Crippen LogP contribution in [0.2, 0.25) is 0 Å². The van der Waals surface area contributed by atoms with Crippen molar-refractivity contribution in [3.8, 4) is 0 Å². The van der Waals surface area contributed by atoms with Gasteiger partial charge in [-0.05, 0) is 36.6 Å². The second-order valence-corrected chi connectivity index (χ2v) is 12.5. The van der Waals surface area contributed by atoms with E-state index in [2.05, 4.69) is 25.4 Å². The first-order valence-corrected chi connectivity index (χ1v) is 14.7. The molecule has 0 radical (unpaired) electrons. The van der Waals surface area contributed by atoms with Crippen LogP contribution in [0.5, 0.6) is 0 Å². The van der Waals surface area contributed by atoms with Crippen LogP contribution in [0.25, 0.3) is 11.0 Å². The quantitative estimate of drug-likeness (QED) is 0.347. The Labute approximate surface area is 212 Å². The smallest absolute Gasteiger partial charge is 0.284 e. The number of benzene rings is 1. The maximum absolute atomic E-state index is 12.8. The zero-order chi connectivity index (χ0) is 26.2. The van der Waals surface area contributed by atoms with E-state index in [9.17, 15) is 21.6 Å². The van der Waals surface area contributed by atoms with Crippen molar-refractivity contribution in [1.82, 2.24) is 33.0 Å². The molecule has 4 aromatic rings. The minimum Gasteiger partial charge on any atom is -0.351 e. The van der Waals surface area contributed by atoms with Crippen LogP contribution in [0, 0.1) is 0 Å². The average molecular weight is 545 g/mol. The highest BCUT2D eigenvalue weighted by Gasteiger charge is 2.25. The van der Waals surface area contributed by atoms with Gasteiger partial charge in [0.25, 0.3) is 15.6 Å². The van der Waals surface area contributed by atoms with Crippen molar-refractivity contribution in [1.29, 1.82) is 0 Å². The van der Waals surface area contributed by atoms with E-state index in [1.54, 1.807) is 24.4 Å². The monoisotopic (exact) mass is 544 g/mol. The number of rotatable bonds is 7. The Kier molecular flexibility index (Phi) is 6.51. The van der Waals surface area contributed by atoms with Crippen LogP contribution in [0.1, 0.15) is 18.4 Å². The maximum Gasteiger partial charge on any atom is 0.284 e. The molecule has 0 unspecified atom stereocenters. The Bertz CT molecular complexity index is 1690. The lowest BCUT2D eigenvalue weighted by atomic mass is 10.1. The number of hydrogen-bond donors (Lipinski definition) is 1. The van der Waals surface area contributed by atoms with E-state index in [-0.39, 0.29) is 23.0 Å². The van der Waals surface area contributed by atoms with Crippen molar-refractivity contribution in [2.75, 3.05) is 24.7 Å². The predicted molar refractivity (Wildman–Crippen MR) is 135 cm³/mol. The second-order valence-electron chi connectivity index (χ2n) is 8.73. The lowest BCUT2D eigenvalue weighted by molar-refractivity contribution is 0.331. The van der Waals surface area contributed by atoms with Crippen LogP contribution in [-0.4, -0.2) is 75.2 Å². The first-order valence-electron chi connectivity index (χ1n) is 11.4. The van der Waals surface area contributed by atoms with Gasteiger partial charge >= 0.3 is 0 Å². The molecule has 1 fully saturated rings. The van der Waals surface area contributed by atoms with Gasteiger partial charge in [-0.1, -0.05) is 12.1 Å². The largest absolute Gasteiger partial charge is 0.351 e. The molecule has 1 saturated heterocycles. The molecule has 0 amide bonds. The van der Waals surface area contributed by atoms with Crippen LogP contribution in [-0.2, 0) is 26.6 Å². The Morgan fingerprint density at radius 1 is 1.03 bits per heavy atom. The number of pyridine rings is 1. The third-order valence-electron chi connectivity index (χ3n) is 6.18. The lowest BCUT2D eigenvalue weighted by Crippen LogP contribution is -2.42. The molecule has 15 heteroatoms. The molecule has 1 aliphatic rings. The summed E-state index contributed by atoms with van der Waals surface area (Å²) in [6.07, 6.45) is 6.30. The number of hydrogen-bond acceptors (Lipinski definition) is 10. The fourth-order valence-electron chi connectivity index (χ4n) is 4.19. The van der Waals surface area contributed by atoms with E-state index >= 15 is 0 Å². The van der Waals surface area contributed by atoms with Gasteiger partial charge in [0, 0.05) is 36.8 Å². The van der Waals surface area contributed by atoms with Gasteiger partial charge in [0.15, 0.2) is 0 Å². The molecule has 0 saturated carbocycles. The summed E-state index contributed by atoms with van der Waals surface area (Å²) >= 11 is 0. The molecule has 194 valence electrons. The van der Waals surface area contributed by atoms with Gasteiger partial charge in [-0.15, -0.1) is 9.19 Å². The van der Waals surface area contributed by atoms with Gasteiger partial charge in [0.2, 0.25) is 16.0 Å². The topological polar surface area (TPSA) is 162 Å². The molecule has 0 atom stereocenters. The predicted octanol–water partition coefficient (Wildman–Crippen LogP) is 0.504. The van der Waals surface area contributed by atoms with E-state index in [0.29, 0.717) is 48.5 Å². The van der Waals surface area contributed by atoms with Gasteiger partial charge in [-0.2, -0.15) is 13.4 Å². The molecule has 0 aliphatic carbocycles. The highest BCUT2D eigenvalue weighted by molar-refractivity contribution is 7.89. The number of fused-ring (bicyclic) bond motifs is 1. The maximum atomic E-state index is 12.8. The van der Waals surface area contributed by atoms with E-state index in [0.717, 1.165) is 16.7 Å². The van der Waals surface area contributed by atoms with Crippen LogP contribution in [0.15, 0.2) is 64.9 Å². The standard InChI is InChI=1S/C22H24N8O5S2/c1-36(32,33)28-10-8-18(9-11-28)26-22-24-12-17-4-7-20(31)29(21(17)27-22)13-16-2-5-19(6-3-16)37(34,35)30-15-23-14-25-30/h2-7,12,14-15,18H,8-11,13H2,1H3,(H,24,26,27). The molecule has 1 aliphatic heterocycles. The fraction of sp³-hybridized carbons (Fsp3) is 0.318. The Hall–Kier alpha value is -3.69. The van der Waals surface area contributed by atoms with Crippen molar-refractivity contribution >= 4 is 37.0 Å². The molecule has 37 heavy (non-hydrogen) atoms. The summed E-state index contributed by atoms with van der Waals surface area (Å²) < 4.78 is 52.5. The molecule has 5 rings (SSSR count). The molecule has 0 spiro atoms. The minimum absolute atomic E-state index is 0.00110. The third-order valence-corrected chi connectivity index (χ3v) is 9.04. The van der Waals surface area contributed by atoms with E-state index in [4.69, 9.17) is 0 Å². The zero-order valence-electron chi connectivity index (χ0n) is 19.8. The first kappa shape index (κ1) is 25.0. The zero-order valence-corrected chi connectivity index (χ0v) is 21.4. The van der Waals surface area contributed by atoms with Gasteiger partial charge in [-0.25, -0.2) is 22.7 Å². The van der Waals surface area contributed by atoms with E-state index in [1.807, 2.05) is 0 Å². The summed E-state index contributed by atoms with van der Waals surface area (Å²) in [5.74, 6) is 0.346. The summed E-state index contributed by atoms with van der Waals surface area (Å²) in [6.45, 7) is 0.998. The Morgan fingerprint density at radius 3 is 2.41 bits per heavy atom. The first-order chi connectivity index (χ1) is 17.6. The van der Waals surface area contributed by atoms with E-state index < -0.39 is 20.0 Å². The Morgan fingerprint density at radius 2 is 1.76 bits per heavy atom. The molecule has 1 N–H and O–H groups in total.